The molecule has 2 heterocycles. The molecular weight excluding hydrogens is 233 g/mol. The smallest absolute Gasteiger partial charge is 0.124 e. The number of nitrogen functional groups attached to an aromatic ring is 1. The van der Waals surface area contributed by atoms with Gasteiger partial charge >= 0.3 is 0 Å². The van der Waals surface area contributed by atoms with Crippen LogP contribution in [0.4, 0.5) is 5.82 Å². The first-order chi connectivity index (χ1) is 7.18. The van der Waals surface area contributed by atoms with Crippen LogP contribution >= 0.6 is 23.2 Å². The molecule has 76 valence electrons. The first-order valence-corrected chi connectivity index (χ1v) is 4.95. The molecule has 5 heteroatoms. The molecule has 0 saturated heterocycles. The van der Waals surface area contributed by atoms with Crippen LogP contribution in [0.5, 0.6) is 0 Å². The van der Waals surface area contributed by atoms with Crippen molar-refractivity contribution < 1.29 is 0 Å². The zero-order valence-corrected chi connectivity index (χ0v) is 9.13. The Balaban J connectivity index is 2.60. The second kappa shape index (κ2) is 4.04. The van der Waals surface area contributed by atoms with Gasteiger partial charge in [-0.2, -0.15) is 0 Å². The summed E-state index contributed by atoms with van der Waals surface area (Å²) in [7, 11) is 0. The first-order valence-electron chi connectivity index (χ1n) is 4.19. The van der Waals surface area contributed by atoms with E-state index in [1.165, 1.54) is 0 Å². The highest BCUT2D eigenvalue weighted by Gasteiger charge is 2.08. The van der Waals surface area contributed by atoms with Gasteiger partial charge < -0.3 is 5.73 Å². The second-order valence-electron chi connectivity index (χ2n) is 2.94. The maximum atomic E-state index is 6.04. The normalized spacial score (nSPS) is 10.3. The van der Waals surface area contributed by atoms with E-state index in [0.29, 0.717) is 15.9 Å². The monoisotopic (exact) mass is 239 g/mol. The Hall–Kier alpha value is -1.32. The number of hydrogen-bond donors (Lipinski definition) is 1. The van der Waals surface area contributed by atoms with Crippen LogP contribution < -0.4 is 5.73 Å². The summed E-state index contributed by atoms with van der Waals surface area (Å²) in [5, 5.41) is 1.06. The Morgan fingerprint density at radius 3 is 2.53 bits per heavy atom. The van der Waals surface area contributed by atoms with Crippen molar-refractivity contribution in [3.05, 3.63) is 40.8 Å². The molecule has 0 aromatic carbocycles. The lowest BCUT2D eigenvalue weighted by Crippen LogP contribution is -1.91. The number of anilines is 1. The van der Waals surface area contributed by atoms with E-state index in [2.05, 4.69) is 9.97 Å². The van der Waals surface area contributed by atoms with Gasteiger partial charge in [-0.1, -0.05) is 23.2 Å². The molecule has 0 spiro atoms. The summed E-state index contributed by atoms with van der Waals surface area (Å²) in [5.74, 6) is 0.383. The Morgan fingerprint density at radius 2 is 1.87 bits per heavy atom. The molecule has 0 atom stereocenters. The standard InChI is InChI=1S/C10H7Cl2N3/c11-8-3-10(13)15-4-7(8)6-1-2-14-5-9(6)12/h1-5H,(H2,13,15). The average Bonchev–Trinajstić information content (AvgIpc) is 2.20. The molecule has 0 unspecified atom stereocenters. The van der Waals surface area contributed by atoms with Crippen LogP contribution in [0.1, 0.15) is 0 Å². The van der Waals surface area contributed by atoms with Gasteiger partial charge in [0.25, 0.3) is 0 Å². The number of rotatable bonds is 1. The third kappa shape index (κ3) is 2.03. The van der Waals surface area contributed by atoms with Gasteiger partial charge in [0.05, 0.1) is 10.0 Å². The molecule has 2 aromatic rings. The molecular formula is C10H7Cl2N3. The van der Waals surface area contributed by atoms with E-state index in [0.717, 1.165) is 11.1 Å². The fourth-order valence-electron chi connectivity index (χ4n) is 1.24. The van der Waals surface area contributed by atoms with Crippen LogP contribution in [-0.4, -0.2) is 9.97 Å². The summed E-state index contributed by atoms with van der Waals surface area (Å²) in [6.07, 6.45) is 4.80. The lowest BCUT2D eigenvalue weighted by molar-refractivity contribution is 1.31. The minimum absolute atomic E-state index is 0.383. The molecule has 0 fully saturated rings. The molecule has 2 rings (SSSR count). The van der Waals surface area contributed by atoms with Crippen molar-refractivity contribution in [3.8, 4) is 11.1 Å². The Labute approximate surface area is 96.9 Å². The Kier molecular flexibility index (Phi) is 2.75. The van der Waals surface area contributed by atoms with Crippen LogP contribution in [0, 0.1) is 0 Å². The van der Waals surface area contributed by atoms with E-state index >= 15 is 0 Å². The number of nitrogens with zero attached hydrogens (tertiary/aromatic N) is 2. The number of halogens is 2. The minimum Gasteiger partial charge on any atom is -0.384 e. The van der Waals surface area contributed by atoms with Gasteiger partial charge in [0.2, 0.25) is 0 Å². The molecule has 0 saturated carbocycles. The maximum Gasteiger partial charge on any atom is 0.124 e. The predicted octanol–water partition coefficient (Wildman–Crippen LogP) is 3.03. The first kappa shape index (κ1) is 10.2. The third-order valence-corrected chi connectivity index (χ3v) is 2.55. The lowest BCUT2D eigenvalue weighted by atomic mass is 10.1. The van der Waals surface area contributed by atoms with Crippen molar-refractivity contribution in [2.45, 2.75) is 0 Å². The fraction of sp³-hybridized carbons (Fsp3) is 0. The summed E-state index contributed by atoms with van der Waals surface area (Å²) in [6.45, 7) is 0. The quantitative estimate of drug-likeness (QED) is 0.833. The van der Waals surface area contributed by atoms with Crippen LogP contribution in [0.2, 0.25) is 10.0 Å². The Bertz CT molecular complexity index is 500. The van der Waals surface area contributed by atoms with Crippen molar-refractivity contribution in [2.75, 3.05) is 5.73 Å². The topological polar surface area (TPSA) is 51.8 Å². The highest BCUT2D eigenvalue weighted by Crippen LogP contribution is 2.32. The molecule has 2 N–H and O–H groups in total. The summed E-state index contributed by atoms with van der Waals surface area (Å²) in [6, 6.07) is 3.37. The molecule has 0 bridgehead atoms. The van der Waals surface area contributed by atoms with Gasteiger partial charge in [-0.05, 0) is 12.1 Å². The van der Waals surface area contributed by atoms with Crippen molar-refractivity contribution in [3.63, 3.8) is 0 Å². The van der Waals surface area contributed by atoms with Gasteiger partial charge in [0.1, 0.15) is 5.82 Å². The van der Waals surface area contributed by atoms with Crippen molar-refractivity contribution in [1.29, 1.82) is 0 Å². The van der Waals surface area contributed by atoms with Gasteiger partial charge in [-0.3, -0.25) is 4.98 Å². The van der Waals surface area contributed by atoms with Crippen LogP contribution in [0.25, 0.3) is 11.1 Å². The highest BCUT2D eigenvalue weighted by molar-refractivity contribution is 6.36. The Morgan fingerprint density at radius 1 is 1.07 bits per heavy atom. The number of aromatic nitrogens is 2. The predicted molar refractivity (Wildman–Crippen MR) is 61.9 cm³/mol. The number of nitrogens with two attached hydrogens (primary N) is 1. The van der Waals surface area contributed by atoms with E-state index in [1.54, 1.807) is 30.7 Å². The van der Waals surface area contributed by atoms with Crippen LogP contribution in [0.3, 0.4) is 0 Å². The van der Waals surface area contributed by atoms with Crippen LogP contribution in [-0.2, 0) is 0 Å². The van der Waals surface area contributed by atoms with E-state index in [9.17, 15) is 0 Å². The molecule has 2 aromatic heterocycles. The van der Waals surface area contributed by atoms with E-state index < -0.39 is 0 Å². The van der Waals surface area contributed by atoms with E-state index in [4.69, 9.17) is 28.9 Å². The van der Waals surface area contributed by atoms with Gasteiger partial charge in [-0.25, -0.2) is 4.98 Å². The van der Waals surface area contributed by atoms with E-state index in [1.807, 2.05) is 0 Å². The fourth-order valence-corrected chi connectivity index (χ4v) is 1.72. The zero-order chi connectivity index (χ0) is 10.8. The van der Waals surface area contributed by atoms with Gasteiger partial charge in [0.15, 0.2) is 0 Å². The number of hydrogen-bond acceptors (Lipinski definition) is 3. The average molecular weight is 240 g/mol. The molecule has 0 radical (unpaired) electrons. The molecule has 0 aliphatic rings. The molecule has 0 amide bonds. The third-order valence-electron chi connectivity index (χ3n) is 1.94. The van der Waals surface area contributed by atoms with Crippen LogP contribution in [0.15, 0.2) is 30.7 Å². The summed E-state index contributed by atoms with van der Waals surface area (Å²) in [5.41, 5.74) is 7.05. The minimum atomic E-state index is 0.383. The summed E-state index contributed by atoms with van der Waals surface area (Å²) in [4.78, 5) is 7.87. The lowest BCUT2D eigenvalue weighted by Gasteiger charge is -2.05. The molecule has 3 nitrogen and oxygen atoms in total. The second-order valence-corrected chi connectivity index (χ2v) is 3.76. The summed E-state index contributed by atoms with van der Waals surface area (Å²) >= 11 is 12.0. The largest absolute Gasteiger partial charge is 0.384 e. The number of pyridine rings is 2. The van der Waals surface area contributed by atoms with Crippen molar-refractivity contribution >= 4 is 29.0 Å². The zero-order valence-electron chi connectivity index (χ0n) is 7.61. The van der Waals surface area contributed by atoms with Gasteiger partial charge in [0, 0.05) is 29.7 Å². The molecule has 15 heavy (non-hydrogen) atoms. The van der Waals surface area contributed by atoms with Crippen molar-refractivity contribution in [2.24, 2.45) is 0 Å². The van der Waals surface area contributed by atoms with Crippen molar-refractivity contribution in [1.82, 2.24) is 9.97 Å². The van der Waals surface area contributed by atoms with Gasteiger partial charge in [-0.15, -0.1) is 0 Å². The maximum absolute atomic E-state index is 6.04. The summed E-state index contributed by atoms with van der Waals surface area (Å²) < 4.78 is 0. The van der Waals surface area contributed by atoms with E-state index in [-0.39, 0.29) is 0 Å². The molecule has 0 aliphatic carbocycles. The SMILES string of the molecule is Nc1cc(Cl)c(-c2ccncc2Cl)cn1. The highest BCUT2D eigenvalue weighted by atomic mass is 35.5. The molecule has 0 aliphatic heterocycles.